The van der Waals surface area contributed by atoms with Gasteiger partial charge in [0.25, 0.3) is 0 Å². The van der Waals surface area contributed by atoms with Crippen LogP contribution in [-0.2, 0) is 25.7 Å². The van der Waals surface area contributed by atoms with Crippen molar-refractivity contribution in [3.05, 3.63) is 35.9 Å². The summed E-state index contributed by atoms with van der Waals surface area (Å²) in [6.45, 7) is 0.172. The van der Waals surface area contributed by atoms with Crippen molar-refractivity contribution in [1.82, 2.24) is 0 Å². The zero-order valence-electron chi connectivity index (χ0n) is 11.4. The third-order valence-electron chi connectivity index (χ3n) is 2.79. The molecule has 5 nitrogen and oxygen atoms in total. The van der Waals surface area contributed by atoms with E-state index in [9.17, 15) is 9.59 Å². The Morgan fingerprint density at radius 3 is 2.60 bits per heavy atom. The fourth-order valence-electron chi connectivity index (χ4n) is 1.71. The van der Waals surface area contributed by atoms with E-state index in [0.717, 1.165) is 5.56 Å². The largest absolute Gasteiger partial charge is 0.469 e. The fraction of sp³-hybridized carbons (Fsp3) is 0.400. The molecule has 0 amide bonds. The highest BCUT2D eigenvalue weighted by Crippen LogP contribution is 2.14. The molecule has 1 rings (SSSR count). The van der Waals surface area contributed by atoms with Crippen LogP contribution < -0.4 is 0 Å². The van der Waals surface area contributed by atoms with Crippen LogP contribution in [0, 0.1) is 17.2 Å². The first-order valence-corrected chi connectivity index (χ1v) is 6.31. The zero-order chi connectivity index (χ0) is 14.8. The van der Waals surface area contributed by atoms with E-state index in [-0.39, 0.29) is 19.4 Å². The van der Waals surface area contributed by atoms with Gasteiger partial charge in [-0.3, -0.25) is 9.59 Å². The van der Waals surface area contributed by atoms with Gasteiger partial charge in [-0.1, -0.05) is 30.3 Å². The van der Waals surface area contributed by atoms with Gasteiger partial charge in [0.2, 0.25) is 0 Å². The normalized spacial score (nSPS) is 11.2. The molecule has 0 aliphatic carbocycles. The first kappa shape index (κ1) is 15.7. The molecule has 0 radical (unpaired) electrons. The second-order valence-electron chi connectivity index (χ2n) is 4.27. The number of nitriles is 1. The molecule has 0 aliphatic heterocycles. The molecule has 0 saturated heterocycles. The molecule has 0 unspecified atom stereocenters. The maximum Gasteiger partial charge on any atom is 0.309 e. The van der Waals surface area contributed by atoms with Crippen molar-refractivity contribution in [2.75, 3.05) is 7.11 Å². The Morgan fingerprint density at radius 1 is 1.30 bits per heavy atom. The minimum atomic E-state index is -0.622. The Morgan fingerprint density at radius 2 is 2.00 bits per heavy atom. The van der Waals surface area contributed by atoms with Crippen LogP contribution in [0.2, 0.25) is 0 Å². The number of carbonyl (C=O) groups is 2. The summed E-state index contributed by atoms with van der Waals surface area (Å²) in [5.41, 5.74) is 0.882. The maximum absolute atomic E-state index is 11.7. The Labute approximate surface area is 118 Å². The fourth-order valence-corrected chi connectivity index (χ4v) is 1.71. The van der Waals surface area contributed by atoms with Gasteiger partial charge in [0.05, 0.1) is 25.5 Å². The lowest BCUT2D eigenvalue weighted by atomic mass is 10.00. The van der Waals surface area contributed by atoms with Gasteiger partial charge in [0.1, 0.15) is 6.61 Å². The van der Waals surface area contributed by atoms with E-state index in [2.05, 4.69) is 4.74 Å². The maximum atomic E-state index is 11.7. The van der Waals surface area contributed by atoms with E-state index < -0.39 is 17.9 Å². The second-order valence-corrected chi connectivity index (χ2v) is 4.27. The molecule has 0 N–H and O–H groups in total. The van der Waals surface area contributed by atoms with Crippen molar-refractivity contribution in [3.63, 3.8) is 0 Å². The number of hydrogen-bond acceptors (Lipinski definition) is 5. The monoisotopic (exact) mass is 275 g/mol. The number of ether oxygens (including phenoxy) is 2. The van der Waals surface area contributed by atoms with Crippen molar-refractivity contribution < 1.29 is 19.1 Å². The van der Waals surface area contributed by atoms with Crippen molar-refractivity contribution in [3.8, 4) is 6.07 Å². The minimum Gasteiger partial charge on any atom is -0.469 e. The van der Waals surface area contributed by atoms with E-state index in [1.807, 2.05) is 36.4 Å². The average Bonchev–Trinajstić information content (AvgIpc) is 2.49. The van der Waals surface area contributed by atoms with E-state index >= 15 is 0 Å². The quantitative estimate of drug-likeness (QED) is 0.713. The number of methoxy groups -OCH3 is 1. The van der Waals surface area contributed by atoms with E-state index in [1.165, 1.54) is 7.11 Å². The van der Waals surface area contributed by atoms with Crippen LogP contribution >= 0.6 is 0 Å². The summed E-state index contributed by atoms with van der Waals surface area (Å²) in [5, 5.41) is 8.54. The Bertz CT molecular complexity index is 478. The molecule has 106 valence electrons. The molecule has 0 saturated carbocycles. The van der Waals surface area contributed by atoms with Gasteiger partial charge < -0.3 is 9.47 Å². The first-order valence-electron chi connectivity index (χ1n) is 6.31. The minimum absolute atomic E-state index is 0.0683. The summed E-state index contributed by atoms with van der Waals surface area (Å²) in [6.07, 6.45) is 0.427. The first-order chi connectivity index (χ1) is 9.67. The molecule has 0 bridgehead atoms. The number of rotatable bonds is 7. The second kappa shape index (κ2) is 8.70. The highest BCUT2D eigenvalue weighted by Gasteiger charge is 2.23. The molecule has 1 atom stereocenters. The van der Waals surface area contributed by atoms with Crippen LogP contribution in [0.3, 0.4) is 0 Å². The van der Waals surface area contributed by atoms with Gasteiger partial charge in [0.15, 0.2) is 0 Å². The molecule has 1 aromatic rings. The molecule has 0 spiro atoms. The molecule has 0 aromatic heterocycles. The summed E-state index contributed by atoms with van der Waals surface area (Å²) in [7, 11) is 1.26. The van der Waals surface area contributed by atoms with Crippen molar-refractivity contribution in [1.29, 1.82) is 5.26 Å². The Balaban J connectivity index is 2.45. The van der Waals surface area contributed by atoms with Gasteiger partial charge >= 0.3 is 11.9 Å². The zero-order valence-corrected chi connectivity index (χ0v) is 11.4. The molecule has 1 aromatic carbocycles. The van der Waals surface area contributed by atoms with Crippen LogP contribution in [-0.4, -0.2) is 19.0 Å². The van der Waals surface area contributed by atoms with Crippen molar-refractivity contribution in [2.24, 2.45) is 5.92 Å². The SMILES string of the molecule is COC(=O)[C@H](CCC#N)CC(=O)OCc1ccccc1. The van der Waals surface area contributed by atoms with Crippen molar-refractivity contribution >= 4 is 11.9 Å². The van der Waals surface area contributed by atoms with E-state index in [0.29, 0.717) is 6.42 Å². The number of hydrogen-bond donors (Lipinski definition) is 0. The number of esters is 2. The lowest BCUT2D eigenvalue weighted by Crippen LogP contribution is -2.21. The number of nitrogens with zero attached hydrogens (tertiary/aromatic N) is 1. The van der Waals surface area contributed by atoms with Crippen LogP contribution in [0.1, 0.15) is 24.8 Å². The topological polar surface area (TPSA) is 76.4 Å². The van der Waals surface area contributed by atoms with E-state index in [1.54, 1.807) is 0 Å². The predicted octanol–water partition coefficient (Wildman–Crippen LogP) is 2.21. The summed E-state index contributed by atoms with van der Waals surface area (Å²) in [5.74, 6) is -1.58. The third-order valence-corrected chi connectivity index (χ3v) is 2.79. The summed E-state index contributed by atoms with van der Waals surface area (Å²) >= 11 is 0. The van der Waals surface area contributed by atoms with Gasteiger partial charge in [-0.25, -0.2) is 0 Å². The lowest BCUT2D eigenvalue weighted by Gasteiger charge is -2.12. The van der Waals surface area contributed by atoms with Crippen LogP contribution in [0.25, 0.3) is 0 Å². The van der Waals surface area contributed by atoms with Crippen LogP contribution in [0.15, 0.2) is 30.3 Å². The Hall–Kier alpha value is -2.35. The number of benzene rings is 1. The van der Waals surface area contributed by atoms with Crippen LogP contribution in [0.5, 0.6) is 0 Å². The molecular formula is C15H17NO4. The molecule has 0 fully saturated rings. The van der Waals surface area contributed by atoms with Crippen LogP contribution in [0.4, 0.5) is 0 Å². The molecular weight excluding hydrogens is 258 g/mol. The summed E-state index contributed by atoms with van der Waals surface area (Å²) in [6, 6.07) is 11.2. The third kappa shape index (κ3) is 5.53. The highest BCUT2D eigenvalue weighted by atomic mass is 16.5. The molecule has 5 heteroatoms. The number of carbonyl (C=O) groups excluding carboxylic acids is 2. The Kier molecular flexibility index (Phi) is 6.83. The highest BCUT2D eigenvalue weighted by molar-refractivity contribution is 5.79. The van der Waals surface area contributed by atoms with Gasteiger partial charge in [-0.05, 0) is 12.0 Å². The van der Waals surface area contributed by atoms with Crippen molar-refractivity contribution in [2.45, 2.75) is 25.9 Å². The summed E-state index contributed by atoms with van der Waals surface area (Å²) < 4.78 is 9.72. The summed E-state index contributed by atoms with van der Waals surface area (Å²) in [4.78, 5) is 23.2. The van der Waals surface area contributed by atoms with Gasteiger partial charge in [-0.15, -0.1) is 0 Å². The van der Waals surface area contributed by atoms with E-state index in [4.69, 9.17) is 10.00 Å². The van der Waals surface area contributed by atoms with Gasteiger partial charge in [0, 0.05) is 6.42 Å². The van der Waals surface area contributed by atoms with Gasteiger partial charge in [-0.2, -0.15) is 5.26 Å². The average molecular weight is 275 g/mol. The molecule has 0 heterocycles. The standard InChI is InChI=1S/C15H17NO4/c1-19-15(18)13(8-5-9-16)10-14(17)20-11-12-6-3-2-4-7-12/h2-4,6-7,13H,5,8,10-11H2,1H3/t13-/m1/s1. The smallest absolute Gasteiger partial charge is 0.309 e. The molecule has 0 aliphatic rings. The molecule has 20 heavy (non-hydrogen) atoms. The lowest BCUT2D eigenvalue weighted by molar-refractivity contribution is -0.154. The predicted molar refractivity (Wildman–Crippen MR) is 71.2 cm³/mol.